The van der Waals surface area contributed by atoms with E-state index in [0.717, 1.165) is 32.0 Å². The Morgan fingerprint density at radius 1 is 1.36 bits per heavy atom. The van der Waals surface area contributed by atoms with Gasteiger partial charge >= 0.3 is 0 Å². The molecule has 1 N–H and O–H groups in total. The van der Waals surface area contributed by atoms with E-state index in [-0.39, 0.29) is 29.4 Å². The largest absolute Gasteiger partial charge is 0.355 e. The quantitative estimate of drug-likeness (QED) is 0.392. The topological polar surface area (TPSA) is 45.5 Å². The predicted octanol–water partition coefficient (Wildman–Crippen LogP) is 4.25. The average Bonchev–Trinajstić information content (AvgIpc) is 3.18. The van der Waals surface area contributed by atoms with Crippen LogP contribution in [0.3, 0.4) is 0 Å². The molecule has 0 saturated carbocycles. The van der Waals surface area contributed by atoms with E-state index in [1.807, 2.05) is 19.6 Å². The lowest BCUT2D eigenvalue weighted by Crippen LogP contribution is -2.51. The lowest BCUT2D eigenvalue weighted by atomic mass is 9.84. The molecule has 1 aliphatic heterocycles. The van der Waals surface area contributed by atoms with Gasteiger partial charge in [0.25, 0.3) is 0 Å². The predicted molar refractivity (Wildman–Crippen MR) is 128 cm³/mol. The monoisotopic (exact) mass is 495 g/mol. The zero-order valence-corrected chi connectivity index (χ0v) is 20.1. The Bertz CT molecular complexity index is 769. The highest BCUT2D eigenvalue weighted by molar-refractivity contribution is 14.0. The first-order valence-electron chi connectivity index (χ1n) is 9.91. The Balaban J connectivity index is 0.00000280. The molecular formula is C22H34IN5. The first-order chi connectivity index (χ1) is 12.9. The second-order valence-electron chi connectivity index (χ2n) is 8.44. The molecule has 28 heavy (non-hydrogen) atoms. The summed E-state index contributed by atoms with van der Waals surface area (Å²) >= 11 is 0. The molecule has 3 rings (SSSR count). The Morgan fingerprint density at radius 2 is 2.14 bits per heavy atom. The molecule has 5 nitrogen and oxygen atoms in total. The van der Waals surface area contributed by atoms with Gasteiger partial charge in [0.1, 0.15) is 0 Å². The third-order valence-corrected chi connectivity index (χ3v) is 5.83. The number of nitrogens with zero attached hydrogens (tertiary/aromatic N) is 4. The molecule has 0 amide bonds. The standard InChI is InChI=1S/C22H33N5.HI/c1-17-7-6-8-19(13-17)22(3,4)15-25-21(23-5)26-11-9-18(2)20(14-26)27-12-10-24-16-27;/h6-8,10,12-13,16,18,20H,9,11,14-15H2,1-5H3,(H,23,25);1H. The van der Waals surface area contributed by atoms with E-state index < -0.39 is 0 Å². The molecule has 154 valence electrons. The molecule has 1 fully saturated rings. The Kier molecular flexibility index (Phi) is 7.92. The number of benzene rings is 1. The van der Waals surface area contributed by atoms with Crippen LogP contribution in [0.4, 0.5) is 0 Å². The molecule has 1 aliphatic rings. The van der Waals surface area contributed by atoms with E-state index in [4.69, 9.17) is 0 Å². The third kappa shape index (κ3) is 5.27. The van der Waals surface area contributed by atoms with Crippen LogP contribution >= 0.6 is 24.0 Å². The summed E-state index contributed by atoms with van der Waals surface area (Å²) in [6.45, 7) is 11.9. The summed E-state index contributed by atoms with van der Waals surface area (Å²) in [6, 6.07) is 9.22. The summed E-state index contributed by atoms with van der Waals surface area (Å²) in [7, 11) is 1.88. The first kappa shape index (κ1) is 22.7. The number of imidazole rings is 1. The molecule has 0 aliphatic carbocycles. The smallest absolute Gasteiger partial charge is 0.193 e. The van der Waals surface area contributed by atoms with Gasteiger partial charge in [-0.05, 0) is 24.8 Å². The van der Waals surface area contributed by atoms with Crippen molar-refractivity contribution < 1.29 is 0 Å². The van der Waals surface area contributed by atoms with E-state index in [2.05, 4.69) is 82.9 Å². The lowest BCUT2D eigenvalue weighted by molar-refractivity contribution is 0.188. The number of hydrogen-bond donors (Lipinski definition) is 1. The third-order valence-electron chi connectivity index (χ3n) is 5.83. The summed E-state index contributed by atoms with van der Waals surface area (Å²) in [4.78, 5) is 11.2. The number of nitrogens with one attached hydrogen (secondary N) is 1. The van der Waals surface area contributed by atoms with Gasteiger partial charge in [-0.25, -0.2) is 4.98 Å². The highest BCUT2D eigenvalue weighted by Gasteiger charge is 2.30. The van der Waals surface area contributed by atoms with Crippen molar-refractivity contribution in [1.82, 2.24) is 19.8 Å². The molecule has 1 aromatic heterocycles. The van der Waals surface area contributed by atoms with Crippen LogP contribution in [0.1, 0.15) is 44.4 Å². The highest BCUT2D eigenvalue weighted by Crippen LogP contribution is 2.28. The number of guanidine groups is 1. The molecule has 0 radical (unpaired) electrons. The van der Waals surface area contributed by atoms with Crippen LogP contribution in [0.2, 0.25) is 0 Å². The average molecular weight is 495 g/mol. The van der Waals surface area contributed by atoms with Gasteiger partial charge in [0, 0.05) is 44.5 Å². The van der Waals surface area contributed by atoms with Gasteiger partial charge in [-0.3, -0.25) is 4.99 Å². The number of aromatic nitrogens is 2. The number of hydrogen-bond acceptors (Lipinski definition) is 2. The van der Waals surface area contributed by atoms with Crippen LogP contribution in [0.5, 0.6) is 0 Å². The molecule has 6 heteroatoms. The molecule has 1 aromatic carbocycles. The zero-order chi connectivity index (χ0) is 19.4. The Hall–Kier alpha value is -1.57. The molecule has 2 unspecified atom stereocenters. The second-order valence-corrected chi connectivity index (χ2v) is 8.44. The molecule has 1 saturated heterocycles. The van der Waals surface area contributed by atoms with Crippen molar-refractivity contribution in [2.24, 2.45) is 10.9 Å². The van der Waals surface area contributed by atoms with Crippen LogP contribution in [-0.4, -0.2) is 47.1 Å². The fourth-order valence-corrected chi connectivity index (χ4v) is 3.90. The van der Waals surface area contributed by atoms with Gasteiger partial charge < -0.3 is 14.8 Å². The van der Waals surface area contributed by atoms with Gasteiger partial charge in [-0.2, -0.15) is 0 Å². The van der Waals surface area contributed by atoms with Crippen molar-refractivity contribution in [3.63, 3.8) is 0 Å². The second kappa shape index (κ2) is 9.76. The molecule has 2 aromatic rings. The summed E-state index contributed by atoms with van der Waals surface area (Å²) in [6.07, 6.45) is 7.03. The van der Waals surface area contributed by atoms with Crippen LogP contribution in [0.15, 0.2) is 48.0 Å². The van der Waals surface area contributed by atoms with E-state index >= 15 is 0 Å². The van der Waals surface area contributed by atoms with Crippen molar-refractivity contribution >= 4 is 29.9 Å². The van der Waals surface area contributed by atoms with Crippen molar-refractivity contribution in [2.45, 2.75) is 45.6 Å². The van der Waals surface area contributed by atoms with Crippen LogP contribution < -0.4 is 5.32 Å². The molecule has 2 heterocycles. The molecular weight excluding hydrogens is 461 g/mol. The number of rotatable bonds is 4. The summed E-state index contributed by atoms with van der Waals surface area (Å²) in [5.41, 5.74) is 2.70. The summed E-state index contributed by atoms with van der Waals surface area (Å²) in [5.74, 6) is 1.63. The van der Waals surface area contributed by atoms with Crippen LogP contribution in [0.25, 0.3) is 0 Å². The van der Waals surface area contributed by atoms with Crippen molar-refractivity contribution in [2.75, 3.05) is 26.7 Å². The summed E-state index contributed by atoms with van der Waals surface area (Å²) < 4.78 is 2.24. The highest BCUT2D eigenvalue weighted by atomic mass is 127. The fraction of sp³-hybridized carbons (Fsp3) is 0.545. The summed E-state index contributed by atoms with van der Waals surface area (Å²) in [5, 5.41) is 3.63. The maximum absolute atomic E-state index is 4.57. The van der Waals surface area contributed by atoms with E-state index in [1.165, 1.54) is 11.1 Å². The van der Waals surface area contributed by atoms with Crippen molar-refractivity contribution in [3.8, 4) is 0 Å². The lowest BCUT2D eigenvalue weighted by Gasteiger charge is -2.40. The van der Waals surface area contributed by atoms with Gasteiger partial charge in [-0.1, -0.05) is 50.6 Å². The zero-order valence-electron chi connectivity index (χ0n) is 17.7. The minimum absolute atomic E-state index is 0. The molecule has 0 bridgehead atoms. The number of likely N-dealkylation sites (tertiary alicyclic amines) is 1. The van der Waals surface area contributed by atoms with Gasteiger partial charge in [0.05, 0.1) is 12.4 Å². The minimum atomic E-state index is 0. The fourth-order valence-electron chi connectivity index (χ4n) is 3.90. The molecule has 2 atom stereocenters. The van der Waals surface area contributed by atoms with Crippen molar-refractivity contribution in [1.29, 1.82) is 0 Å². The van der Waals surface area contributed by atoms with Crippen LogP contribution in [0, 0.1) is 12.8 Å². The van der Waals surface area contributed by atoms with E-state index in [1.54, 1.807) is 0 Å². The number of piperidine rings is 1. The van der Waals surface area contributed by atoms with Crippen LogP contribution in [-0.2, 0) is 5.41 Å². The van der Waals surface area contributed by atoms with Crippen molar-refractivity contribution in [3.05, 3.63) is 54.1 Å². The van der Waals surface area contributed by atoms with E-state index in [0.29, 0.717) is 12.0 Å². The Labute approximate surface area is 186 Å². The normalized spacial score (nSPS) is 20.6. The minimum Gasteiger partial charge on any atom is -0.355 e. The Morgan fingerprint density at radius 3 is 2.79 bits per heavy atom. The van der Waals surface area contributed by atoms with Gasteiger partial charge in [0.15, 0.2) is 5.96 Å². The maximum atomic E-state index is 4.57. The van der Waals surface area contributed by atoms with Gasteiger partial charge in [0.2, 0.25) is 0 Å². The molecule has 0 spiro atoms. The van der Waals surface area contributed by atoms with E-state index in [9.17, 15) is 0 Å². The first-order valence-corrected chi connectivity index (χ1v) is 9.91. The maximum Gasteiger partial charge on any atom is 0.193 e. The number of aliphatic imine (C=N–C) groups is 1. The number of halogens is 1. The SMILES string of the molecule is CN=C(NCC(C)(C)c1cccc(C)c1)N1CCC(C)C(n2ccnc2)C1.I. The number of aryl methyl sites for hydroxylation is 1. The van der Waals surface area contributed by atoms with Gasteiger partial charge in [-0.15, -0.1) is 24.0 Å².